The van der Waals surface area contributed by atoms with Crippen molar-refractivity contribution in [2.75, 3.05) is 23.4 Å². The van der Waals surface area contributed by atoms with Gasteiger partial charge in [-0.15, -0.1) is 0 Å². The van der Waals surface area contributed by atoms with Gasteiger partial charge in [0.15, 0.2) is 0 Å². The number of aromatic nitrogens is 2. The lowest BCUT2D eigenvalue weighted by molar-refractivity contribution is -0.383. The minimum atomic E-state index is -0.875. The van der Waals surface area contributed by atoms with E-state index in [0.29, 0.717) is 31.5 Å². The van der Waals surface area contributed by atoms with E-state index in [2.05, 4.69) is 20.8 Å². The van der Waals surface area contributed by atoms with Gasteiger partial charge in [-0.25, -0.2) is 9.97 Å². The van der Waals surface area contributed by atoms with Crippen molar-refractivity contribution in [1.82, 2.24) is 15.4 Å². The van der Waals surface area contributed by atoms with Crippen molar-refractivity contribution in [3.8, 4) is 0 Å². The highest BCUT2D eigenvalue weighted by atomic mass is 16.6. The zero-order valence-corrected chi connectivity index (χ0v) is 16.9. The van der Waals surface area contributed by atoms with Gasteiger partial charge in [0.2, 0.25) is 11.6 Å². The van der Waals surface area contributed by atoms with E-state index in [1.807, 2.05) is 30.3 Å². The maximum Gasteiger partial charge on any atom is 0.355 e. The van der Waals surface area contributed by atoms with Gasteiger partial charge in [-0.3, -0.25) is 30.6 Å². The van der Waals surface area contributed by atoms with Crippen LogP contribution in [-0.2, 0) is 4.79 Å². The summed E-state index contributed by atoms with van der Waals surface area (Å²) >= 11 is 0. The van der Waals surface area contributed by atoms with Crippen LogP contribution in [-0.4, -0.2) is 45.0 Å². The molecule has 11 heteroatoms. The van der Waals surface area contributed by atoms with Crippen molar-refractivity contribution in [3.63, 3.8) is 0 Å². The second kappa shape index (κ2) is 8.84. The number of nitro groups is 1. The molecule has 1 amide bonds. The highest BCUT2D eigenvalue weighted by Crippen LogP contribution is 2.33. The molecule has 0 bridgehead atoms. The van der Waals surface area contributed by atoms with Crippen LogP contribution >= 0.6 is 0 Å². The van der Waals surface area contributed by atoms with E-state index >= 15 is 0 Å². The molecule has 0 saturated carbocycles. The highest BCUT2D eigenvalue weighted by molar-refractivity contribution is 6.07. The first-order chi connectivity index (χ1) is 15.5. The molecule has 1 fully saturated rings. The summed E-state index contributed by atoms with van der Waals surface area (Å²) in [5.41, 5.74) is 5.04. The molecule has 32 heavy (non-hydrogen) atoms. The number of benzene rings is 2. The van der Waals surface area contributed by atoms with Gasteiger partial charge in [0, 0.05) is 18.7 Å². The van der Waals surface area contributed by atoms with Crippen molar-refractivity contribution in [1.29, 1.82) is 0 Å². The van der Waals surface area contributed by atoms with Gasteiger partial charge in [0.1, 0.15) is 6.33 Å². The summed E-state index contributed by atoms with van der Waals surface area (Å²) in [5, 5.41) is 22.6. The molecule has 0 radical (unpaired) electrons. The minimum absolute atomic E-state index is 0.0794. The van der Waals surface area contributed by atoms with Crippen LogP contribution in [0.5, 0.6) is 0 Å². The number of hydrogen-bond donors (Lipinski definition) is 3. The van der Waals surface area contributed by atoms with E-state index in [1.54, 1.807) is 17.0 Å². The first kappa shape index (κ1) is 21.0. The van der Waals surface area contributed by atoms with Crippen molar-refractivity contribution < 1.29 is 19.6 Å². The lowest BCUT2D eigenvalue weighted by Crippen LogP contribution is -2.37. The number of aliphatic carboxylic acids is 1. The van der Waals surface area contributed by atoms with Crippen LogP contribution < -0.4 is 15.8 Å². The van der Waals surface area contributed by atoms with E-state index in [4.69, 9.17) is 5.11 Å². The van der Waals surface area contributed by atoms with Crippen LogP contribution in [0.15, 0.2) is 48.8 Å². The molecule has 2 aromatic carbocycles. The molecular weight excluding hydrogens is 416 g/mol. The van der Waals surface area contributed by atoms with Crippen LogP contribution in [0.4, 0.5) is 17.3 Å². The number of amides is 1. The smallest absolute Gasteiger partial charge is 0.355 e. The Hall–Kier alpha value is -4.28. The van der Waals surface area contributed by atoms with Gasteiger partial charge in [-0.05, 0) is 29.7 Å². The van der Waals surface area contributed by atoms with Gasteiger partial charge in [-0.2, -0.15) is 0 Å². The Kier molecular flexibility index (Phi) is 5.79. The molecule has 1 aromatic heterocycles. The number of hydrogen-bond acceptors (Lipinski definition) is 8. The van der Waals surface area contributed by atoms with Crippen molar-refractivity contribution in [2.45, 2.75) is 12.8 Å². The fraction of sp³-hybridized carbons (Fsp3) is 0.238. The quantitative estimate of drug-likeness (QED) is 0.391. The molecule has 2 heterocycles. The Morgan fingerprint density at radius 1 is 1.09 bits per heavy atom. The average molecular weight is 436 g/mol. The fourth-order valence-corrected chi connectivity index (χ4v) is 3.81. The van der Waals surface area contributed by atoms with Gasteiger partial charge < -0.3 is 10.0 Å². The van der Waals surface area contributed by atoms with Crippen molar-refractivity contribution >= 4 is 40.0 Å². The molecule has 0 spiro atoms. The Morgan fingerprint density at radius 3 is 2.53 bits per heavy atom. The summed E-state index contributed by atoms with van der Waals surface area (Å²) in [4.78, 5) is 44.7. The third-order valence-corrected chi connectivity index (χ3v) is 5.46. The Bertz CT molecular complexity index is 1190. The number of carbonyl (C=O) groups is 2. The standard InChI is InChI=1S/C21H20N6O5/c28-20(16-7-3-5-13-4-1-2-6-15(13)16)25-24-18-17(27(31)32)19(23-12-22-18)26-10-8-14(9-11-26)21(29)30/h1-7,12,14H,8-11H2,(H,25,28)(H,29,30)(H,22,23,24). The largest absolute Gasteiger partial charge is 0.481 e. The van der Waals surface area contributed by atoms with Gasteiger partial charge in [0.05, 0.1) is 10.8 Å². The predicted molar refractivity (Wildman–Crippen MR) is 116 cm³/mol. The summed E-state index contributed by atoms with van der Waals surface area (Å²) in [7, 11) is 0. The Balaban J connectivity index is 1.55. The lowest BCUT2D eigenvalue weighted by Gasteiger charge is -2.30. The van der Waals surface area contributed by atoms with Crippen LogP contribution in [0, 0.1) is 16.0 Å². The molecule has 11 nitrogen and oxygen atoms in total. The normalized spacial score (nSPS) is 14.2. The van der Waals surface area contributed by atoms with E-state index in [9.17, 15) is 19.7 Å². The van der Waals surface area contributed by atoms with Gasteiger partial charge in [0.25, 0.3) is 5.91 Å². The number of anilines is 2. The molecule has 1 saturated heterocycles. The van der Waals surface area contributed by atoms with Crippen molar-refractivity contribution in [2.24, 2.45) is 5.92 Å². The Morgan fingerprint density at radius 2 is 1.81 bits per heavy atom. The Labute approximate surface area is 182 Å². The summed E-state index contributed by atoms with van der Waals surface area (Å²) in [6.07, 6.45) is 1.88. The molecule has 0 aliphatic carbocycles. The maximum atomic E-state index is 12.7. The van der Waals surface area contributed by atoms with E-state index in [1.165, 1.54) is 0 Å². The van der Waals surface area contributed by atoms with Crippen LogP contribution in [0.3, 0.4) is 0 Å². The second-order valence-corrected chi connectivity index (χ2v) is 7.36. The first-order valence-electron chi connectivity index (χ1n) is 9.97. The molecule has 164 valence electrons. The number of nitrogens with zero attached hydrogens (tertiary/aromatic N) is 4. The molecular formula is C21H20N6O5. The maximum absolute atomic E-state index is 12.7. The predicted octanol–water partition coefficient (Wildman–Crippen LogP) is 2.60. The monoisotopic (exact) mass is 436 g/mol. The van der Waals surface area contributed by atoms with Crippen molar-refractivity contribution in [3.05, 3.63) is 64.5 Å². The minimum Gasteiger partial charge on any atom is -0.481 e. The number of fused-ring (bicyclic) bond motifs is 1. The van der Waals surface area contributed by atoms with E-state index < -0.39 is 22.7 Å². The molecule has 1 aliphatic heterocycles. The average Bonchev–Trinajstić information content (AvgIpc) is 2.81. The third kappa shape index (κ3) is 4.13. The molecule has 3 aromatic rings. The second-order valence-electron chi connectivity index (χ2n) is 7.36. The number of nitrogens with one attached hydrogen (secondary N) is 2. The zero-order chi connectivity index (χ0) is 22.7. The molecule has 1 aliphatic rings. The first-order valence-corrected chi connectivity index (χ1v) is 9.97. The molecule has 4 rings (SSSR count). The summed E-state index contributed by atoms with van der Waals surface area (Å²) in [6.45, 7) is 0.632. The highest BCUT2D eigenvalue weighted by Gasteiger charge is 2.31. The number of carboxylic acids is 1. The SMILES string of the molecule is O=C(NNc1ncnc(N2CCC(C(=O)O)CC2)c1[N+](=O)[O-])c1cccc2ccccc12. The summed E-state index contributed by atoms with van der Waals surface area (Å²) in [5.74, 6) is -1.91. The summed E-state index contributed by atoms with van der Waals surface area (Å²) in [6, 6.07) is 12.7. The number of carbonyl (C=O) groups excluding carboxylic acids is 1. The number of rotatable bonds is 6. The van der Waals surface area contributed by atoms with E-state index in [0.717, 1.165) is 17.1 Å². The third-order valence-electron chi connectivity index (χ3n) is 5.46. The van der Waals surface area contributed by atoms with Gasteiger partial charge >= 0.3 is 11.7 Å². The molecule has 3 N–H and O–H groups in total. The zero-order valence-electron chi connectivity index (χ0n) is 16.9. The lowest BCUT2D eigenvalue weighted by atomic mass is 9.97. The number of carboxylic acid groups (broad SMARTS) is 1. The fourth-order valence-electron chi connectivity index (χ4n) is 3.81. The number of hydrazine groups is 1. The topological polar surface area (TPSA) is 151 Å². The van der Waals surface area contributed by atoms with Gasteiger partial charge in [-0.1, -0.05) is 36.4 Å². The van der Waals surface area contributed by atoms with E-state index in [-0.39, 0.29) is 17.3 Å². The van der Waals surface area contributed by atoms with Crippen LogP contribution in [0.1, 0.15) is 23.2 Å². The van der Waals surface area contributed by atoms with Crippen LogP contribution in [0.25, 0.3) is 10.8 Å². The molecule has 0 unspecified atom stereocenters. The summed E-state index contributed by atoms with van der Waals surface area (Å²) < 4.78 is 0. The van der Waals surface area contributed by atoms with Crippen LogP contribution in [0.2, 0.25) is 0 Å². The molecule has 0 atom stereocenters. The number of piperidine rings is 1.